The lowest BCUT2D eigenvalue weighted by atomic mass is 10.00. The summed E-state index contributed by atoms with van der Waals surface area (Å²) < 4.78 is 0. The molecule has 0 spiro atoms. The lowest BCUT2D eigenvalue weighted by molar-refractivity contribution is -0.132. The highest BCUT2D eigenvalue weighted by Crippen LogP contribution is 2.13. The Morgan fingerprint density at radius 1 is 0.581 bits per heavy atom. The number of aliphatic hydroxyl groups excluding tert-OH is 4. The van der Waals surface area contributed by atoms with Gasteiger partial charge < -0.3 is 25.7 Å². The van der Waals surface area contributed by atoms with Crippen LogP contribution in [-0.2, 0) is 4.79 Å². The fourth-order valence-corrected chi connectivity index (χ4v) is 4.91. The van der Waals surface area contributed by atoms with Gasteiger partial charge in [-0.15, -0.1) is 0 Å². The number of unbranched alkanes of at least 4 members (excludes halogenated alkanes) is 13. The first-order valence-corrected chi connectivity index (χ1v) is 17.5. The highest BCUT2D eigenvalue weighted by molar-refractivity contribution is 5.80. The van der Waals surface area contributed by atoms with E-state index >= 15 is 0 Å². The van der Waals surface area contributed by atoms with Crippen LogP contribution in [-0.4, -0.2) is 57.3 Å². The minimum Gasteiger partial charge on any atom is -0.394 e. The van der Waals surface area contributed by atoms with Crippen molar-refractivity contribution in [2.24, 2.45) is 0 Å². The lowest BCUT2D eigenvalue weighted by Gasteiger charge is -2.27. The molecule has 250 valence electrons. The Labute approximate surface area is 264 Å². The zero-order valence-corrected chi connectivity index (χ0v) is 27.7. The molecule has 0 aromatic carbocycles. The average Bonchev–Trinajstić information content (AvgIpc) is 3.01. The minimum atomic E-state index is -1.29. The molecular formula is C37H67NO5. The average molecular weight is 606 g/mol. The first kappa shape index (κ1) is 41.3. The van der Waals surface area contributed by atoms with E-state index in [9.17, 15) is 25.2 Å². The van der Waals surface area contributed by atoms with Crippen LogP contribution < -0.4 is 5.32 Å². The van der Waals surface area contributed by atoms with Crippen LogP contribution in [0.2, 0.25) is 0 Å². The largest absolute Gasteiger partial charge is 0.394 e. The van der Waals surface area contributed by atoms with E-state index in [1.54, 1.807) is 0 Å². The van der Waals surface area contributed by atoms with Crippen LogP contribution in [0.15, 0.2) is 48.6 Å². The van der Waals surface area contributed by atoms with E-state index in [-0.39, 0.29) is 0 Å². The van der Waals surface area contributed by atoms with E-state index in [0.717, 1.165) is 70.6 Å². The Morgan fingerprint density at radius 3 is 1.58 bits per heavy atom. The Bertz CT molecular complexity index is 733. The van der Waals surface area contributed by atoms with Crippen molar-refractivity contribution >= 4 is 5.91 Å². The van der Waals surface area contributed by atoms with Gasteiger partial charge in [0.25, 0.3) is 0 Å². The molecule has 43 heavy (non-hydrogen) atoms. The van der Waals surface area contributed by atoms with Crippen molar-refractivity contribution in [1.82, 2.24) is 5.32 Å². The molecule has 0 bridgehead atoms. The molecule has 0 radical (unpaired) electrons. The van der Waals surface area contributed by atoms with Crippen LogP contribution in [0.4, 0.5) is 0 Å². The normalized spacial score (nSPS) is 15.2. The van der Waals surface area contributed by atoms with Crippen molar-refractivity contribution in [2.45, 2.75) is 173 Å². The number of allylic oxidation sites excluding steroid dienone is 8. The van der Waals surface area contributed by atoms with E-state index in [1.807, 2.05) is 0 Å². The van der Waals surface area contributed by atoms with Gasteiger partial charge in [-0.3, -0.25) is 4.79 Å². The molecular weight excluding hydrogens is 538 g/mol. The molecule has 1 amide bonds. The predicted molar refractivity (Wildman–Crippen MR) is 182 cm³/mol. The second kappa shape index (κ2) is 31.7. The standard InChI is InChI=1S/C37H67NO5/c1-3-5-7-9-11-13-15-17-19-21-23-25-27-29-31-35(41)37(43)38-33(32-39)36(42)34(40)30-28-26-24-22-20-18-16-14-12-10-8-6-4-2/h6,8,13-16,22,24,33-36,39-42H,3-5,7,9-12,17-21,23,25-32H2,1-2H3,(H,38,43)/b8-6+,15-13-,16-14+,24-22+. The van der Waals surface area contributed by atoms with Gasteiger partial charge in [-0.1, -0.05) is 114 Å². The van der Waals surface area contributed by atoms with E-state index < -0.39 is 36.9 Å². The number of carbonyl (C=O) groups excluding carboxylic acids is 1. The first-order valence-electron chi connectivity index (χ1n) is 17.5. The number of amides is 1. The third-order valence-corrected chi connectivity index (χ3v) is 7.73. The van der Waals surface area contributed by atoms with Gasteiger partial charge in [0.2, 0.25) is 5.91 Å². The number of rotatable bonds is 30. The SMILES string of the molecule is CC/C=C/CC/C=C/CC/C=C/CCCC(O)C(O)C(CO)NC(=O)C(O)CCCCCCCC/C=C\CCCCCC. The van der Waals surface area contributed by atoms with E-state index in [0.29, 0.717) is 19.3 Å². The molecule has 0 heterocycles. The monoisotopic (exact) mass is 606 g/mol. The molecule has 4 atom stereocenters. The molecule has 4 unspecified atom stereocenters. The fourth-order valence-electron chi connectivity index (χ4n) is 4.91. The van der Waals surface area contributed by atoms with Gasteiger partial charge in [-0.05, 0) is 83.5 Å². The number of hydrogen-bond acceptors (Lipinski definition) is 5. The molecule has 0 aliphatic carbocycles. The number of carbonyl (C=O) groups is 1. The molecule has 0 fully saturated rings. The van der Waals surface area contributed by atoms with E-state index in [1.165, 1.54) is 44.9 Å². The summed E-state index contributed by atoms with van der Waals surface area (Å²) in [5, 5.41) is 43.3. The molecule has 0 saturated heterocycles. The van der Waals surface area contributed by atoms with Crippen LogP contribution in [0.1, 0.15) is 149 Å². The van der Waals surface area contributed by atoms with Crippen molar-refractivity contribution in [3.8, 4) is 0 Å². The van der Waals surface area contributed by atoms with Gasteiger partial charge in [0.05, 0.1) is 18.8 Å². The molecule has 6 nitrogen and oxygen atoms in total. The fraction of sp³-hybridized carbons (Fsp3) is 0.757. The molecule has 0 saturated carbocycles. The van der Waals surface area contributed by atoms with Crippen LogP contribution in [0, 0.1) is 0 Å². The summed E-state index contributed by atoms with van der Waals surface area (Å²) in [6, 6.07) is -1.01. The van der Waals surface area contributed by atoms with Crippen molar-refractivity contribution in [3.05, 3.63) is 48.6 Å². The lowest BCUT2D eigenvalue weighted by Crippen LogP contribution is -2.53. The van der Waals surface area contributed by atoms with Gasteiger partial charge in [-0.2, -0.15) is 0 Å². The molecule has 6 heteroatoms. The highest BCUT2D eigenvalue weighted by Gasteiger charge is 2.28. The number of hydrogen-bond donors (Lipinski definition) is 5. The predicted octanol–water partition coefficient (Wildman–Crippen LogP) is 8.00. The quantitative estimate of drug-likeness (QED) is 0.0421. The maximum absolute atomic E-state index is 12.4. The molecule has 0 aromatic heterocycles. The topological polar surface area (TPSA) is 110 Å². The number of nitrogens with one attached hydrogen (secondary N) is 1. The summed E-state index contributed by atoms with van der Waals surface area (Å²) in [5.41, 5.74) is 0. The van der Waals surface area contributed by atoms with Crippen molar-refractivity contribution < 1.29 is 25.2 Å². The zero-order chi connectivity index (χ0) is 31.8. The van der Waals surface area contributed by atoms with Crippen molar-refractivity contribution in [3.63, 3.8) is 0 Å². The molecule has 0 rings (SSSR count). The highest BCUT2D eigenvalue weighted by atomic mass is 16.3. The van der Waals surface area contributed by atoms with Gasteiger partial charge in [0.15, 0.2) is 0 Å². The second-order valence-electron chi connectivity index (χ2n) is 11.8. The maximum Gasteiger partial charge on any atom is 0.249 e. The van der Waals surface area contributed by atoms with E-state index in [2.05, 4.69) is 67.8 Å². The van der Waals surface area contributed by atoms with E-state index in [4.69, 9.17) is 0 Å². The smallest absolute Gasteiger partial charge is 0.249 e. The van der Waals surface area contributed by atoms with Gasteiger partial charge in [0.1, 0.15) is 12.2 Å². The van der Waals surface area contributed by atoms with Crippen LogP contribution in [0.25, 0.3) is 0 Å². The zero-order valence-electron chi connectivity index (χ0n) is 27.7. The Balaban J connectivity index is 3.95. The van der Waals surface area contributed by atoms with Crippen LogP contribution in [0.5, 0.6) is 0 Å². The summed E-state index contributed by atoms with van der Waals surface area (Å²) in [6.07, 6.45) is 35.6. The first-order chi connectivity index (χ1) is 21.0. The van der Waals surface area contributed by atoms with Gasteiger partial charge in [-0.25, -0.2) is 0 Å². The Morgan fingerprint density at radius 2 is 1.05 bits per heavy atom. The Kier molecular flexibility index (Phi) is 30.4. The summed E-state index contributed by atoms with van der Waals surface area (Å²) in [7, 11) is 0. The third-order valence-electron chi connectivity index (χ3n) is 7.73. The molecule has 0 aliphatic heterocycles. The van der Waals surface area contributed by atoms with Crippen LogP contribution >= 0.6 is 0 Å². The number of aliphatic hydroxyl groups is 4. The second-order valence-corrected chi connectivity index (χ2v) is 11.8. The van der Waals surface area contributed by atoms with Crippen molar-refractivity contribution in [1.29, 1.82) is 0 Å². The summed E-state index contributed by atoms with van der Waals surface area (Å²) in [5.74, 6) is -0.610. The van der Waals surface area contributed by atoms with Crippen LogP contribution in [0.3, 0.4) is 0 Å². The molecule has 0 aromatic rings. The Hall–Kier alpha value is -1.73. The summed E-state index contributed by atoms with van der Waals surface area (Å²) in [6.45, 7) is 3.87. The summed E-state index contributed by atoms with van der Waals surface area (Å²) >= 11 is 0. The van der Waals surface area contributed by atoms with Gasteiger partial charge in [0, 0.05) is 0 Å². The third kappa shape index (κ3) is 26.4. The summed E-state index contributed by atoms with van der Waals surface area (Å²) in [4.78, 5) is 12.4. The molecule has 0 aliphatic rings. The minimum absolute atomic E-state index is 0.349. The van der Waals surface area contributed by atoms with Crippen molar-refractivity contribution in [2.75, 3.05) is 6.61 Å². The maximum atomic E-state index is 12.4. The molecule has 5 N–H and O–H groups in total. The van der Waals surface area contributed by atoms with Gasteiger partial charge >= 0.3 is 0 Å².